The summed E-state index contributed by atoms with van der Waals surface area (Å²) in [5.74, 6) is 0. The van der Waals surface area contributed by atoms with Crippen LogP contribution >= 0.6 is 0 Å². The monoisotopic (exact) mass is 207 g/mol. The summed E-state index contributed by atoms with van der Waals surface area (Å²) in [6, 6.07) is 0.607. The highest BCUT2D eigenvalue weighted by molar-refractivity contribution is 5.19. The first-order chi connectivity index (χ1) is 7.29. The summed E-state index contributed by atoms with van der Waals surface area (Å²) < 4.78 is 0. The molecule has 0 heterocycles. The van der Waals surface area contributed by atoms with Crippen molar-refractivity contribution in [3.8, 4) is 0 Å². The van der Waals surface area contributed by atoms with Crippen LogP contribution in [0.25, 0.3) is 0 Å². The molecule has 0 spiro atoms. The largest absolute Gasteiger partial charge is 0.314 e. The number of hydrogen-bond donors (Lipinski definition) is 1. The maximum atomic E-state index is 3.42. The third-order valence-corrected chi connectivity index (χ3v) is 2.77. The maximum Gasteiger partial charge on any atom is 0.00105 e. The molecule has 0 unspecified atom stereocenters. The second kappa shape index (κ2) is 7.70. The summed E-state index contributed by atoms with van der Waals surface area (Å²) in [6.07, 6.45) is 14.9. The van der Waals surface area contributed by atoms with E-state index < -0.39 is 0 Å². The minimum atomic E-state index is 0.607. The average molecular weight is 207 g/mol. The Morgan fingerprint density at radius 1 is 1.33 bits per heavy atom. The molecule has 0 saturated heterocycles. The highest BCUT2D eigenvalue weighted by Crippen LogP contribution is 2.17. The van der Waals surface area contributed by atoms with E-state index >= 15 is 0 Å². The lowest BCUT2D eigenvalue weighted by atomic mass is 10.1. The van der Waals surface area contributed by atoms with Gasteiger partial charge in [0, 0.05) is 6.04 Å². The fourth-order valence-electron chi connectivity index (χ4n) is 1.88. The molecule has 1 nitrogen and oxygen atoms in total. The third kappa shape index (κ3) is 6.51. The smallest absolute Gasteiger partial charge is 0.00105 e. The topological polar surface area (TPSA) is 12.0 Å². The zero-order chi connectivity index (χ0) is 10.9. The van der Waals surface area contributed by atoms with Gasteiger partial charge < -0.3 is 5.32 Å². The van der Waals surface area contributed by atoms with Crippen LogP contribution in [-0.2, 0) is 0 Å². The van der Waals surface area contributed by atoms with Gasteiger partial charge in [0.2, 0.25) is 0 Å². The molecule has 0 radical (unpaired) electrons. The highest BCUT2D eigenvalue weighted by Gasteiger charge is 1.98. The number of rotatable bonds is 5. The van der Waals surface area contributed by atoms with E-state index in [0.717, 1.165) is 13.0 Å². The molecule has 0 amide bonds. The fraction of sp³-hybridized carbons (Fsp3) is 0.714. The Bertz CT molecular complexity index is 213. The van der Waals surface area contributed by atoms with Crippen molar-refractivity contribution in [3.63, 3.8) is 0 Å². The molecule has 0 aromatic heterocycles. The molecule has 15 heavy (non-hydrogen) atoms. The molecule has 1 N–H and O–H groups in total. The summed E-state index contributed by atoms with van der Waals surface area (Å²) in [4.78, 5) is 0. The van der Waals surface area contributed by atoms with Gasteiger partial charge in [-0.05, 0) is 38.6 Å². The van der Waals surface area contributed by atoms with Crippen LogP contribution in [0.15, 0.2) is 23.8 Å². The summed E-state index contributed by atoms with van der Waals surface area (Å²) >= 11 is 0. The van der Waals surface area contributed by atoms with Crippen molar-refractivity contribution >= 4 is 0 Å². The maximum absolute atomic E-state index is 3.42. The van der Waals surface area contributed by atoms with Crippen LogP contribution in [-0.4, -0.2) is 12.6 Å². The average Bonchev–Trinajstić information content (AvgIpc) is 2.45. The van der Waals surface area contributed by atoms with Crippen LogP contribution in [0.1, 0.15) is 52.4 Å². The summed E-state index contributed by atoms with van der Waals surface area (Å²) in [7, 11) is 0. The van der Waals surface area contributed by atoms with Crippen molar-refractivity contribution in [1.29, 1.82) is 0 Å². The van der Waals surface area contributed by atoms with Crippen LogP contribution in [0.4, 0.5) is 0 Å². The van der Waals surface area contributed by atoms with Gasteiger partial charge in [-0.2, -0.15) is 0 Å². The van der Waals surface area contributed by atoms with Gasteiger partial charge in [-0.25, -0.2) is 0 Å². The molecule has 1 aliphatic rings. The van der Waals surface area contributed by atoms with E-state index in [9.17, 15) is 0 Å². The van der Waals surface area contributed by atoms with Crippen LogP contribution in [0.2, 0.25) is 0 Å². The van der Waals surface area contributed by atoms with Crippen LogP contribution in [0.3, 0.4) is 0 Å². The highest BCUT2D eigenvalue weighted by atomic mass is 14.9. The van der Waals surface area contributed by atoms with E-state index in [1.165, 1.54) is 32.1 Å². The Balaban J connectivity index is 2.15. The number of hydrogen-bond acceptors (Lipinski definition) is 1. The molecule has 86 valence electrons. The Morgan fingerprint density at radius 2 is 2.20 bits per heavy atom. The number of allylic oxidation sites excluding steroid dienone is 3. The van der Waals surface area contributed by atoms with Crippen molar-refractivity contribution in [2.45, 2.75) is 58.4 Å². The van der Waals surface area contributed by atoms with E-state index in [-0.39, 0.29) is 0 Å². The van der Waals surface area contributed by atoms with E-state index in [1.54, 1.807) is 5.57 Å². The van der Waals surface area contributed by atoms with Gasteiger partial charge in [-0.3, -0.25) is 0 Å². The lowest BCUT2D eigenvalue weighted by Gasteiger charge is -2.05. The molecular weight excluding hydrogens is 182 g/mol. The lowest BCUT2D eigenvalue weighted by Crippen LogP contribution is -2.23. The minimum absolute atomic E-state index is 0.607. The summed E-state index contributed by atoms with van der Waals surface area (Å²) in [5.41, 5.74) is 1.55. The Labute approximate surface area is 94.6 Å². The van der Waals surface area contributed by atoms with Crippen molar-refractivity contribution in [2.24, 2.45) is 0 Å². The van der Waals surface area contributed by atoms with Crippen molar-refractivity contribution in [1.82, 2.24) is 5.32 Å². The van der Waals surface area contributed by atoms with E-state index in [0.29, 0.717) is 6.04 Å². The van der Waals surface area contributed by atoms with E-state index in [1.807, 2.05) is 0 Å². The molecular formula is C14H25N. The van der Waals surface area contributed by atoms with Crippen molar-refractivity contribution in [2.75, 3.05) is 6.54 Å². The van der Waals surface area contributed by atoms with E-state index in [4.69, 9.17) is 0 Å². The first kappa shape index (κ1) is 12.5. The molecule has 0 aromatic carbocycles. The molecule has 0 bridgehead atoms. The molecule has 0 aromatic rings. The first-order valence-electron chi connectivity index (χ1n) is 6.38. The SMILES string of the molecule is CC(C)NCC/C=C/C1=CCCCCC1. The van der Waals surface area contributed by atoms with Crippen molar-refractivity contribution < 1.29 is 0 Å². The molecule has 1 aliphatic carbocycles. The second-order valence-electron chi connectivity index (χ2n) is 4.68. The van der Waals surface area contributed by atoms with Gasteiger partial charge in [0.1, 0.15) is 0 Å². The lowest BCUT2D eigenvalue weighted by molar-refractivity contribution is 0.595. The van der Waals surface area contributed by atoms with E-state index in [2.05, 4.69) is 37.4 Å². The van der Waals surface area contributed by atoms with Gasteiger partial charge in [-0.1, -0.05) is 44.1 Å². The van der Waals surface area contributed by atoms with Gasteiger partial charge in [-0.15, -0.1) is 0 Å². The normalized spacial score (nSPS) is 18.2. The second-order valence-corrected chi connectivity index (χ2v) is 4.68. The van der Waals surface area contributed by atoms with Gasteiger partial charge in [0.15, 0.2) is 0 Å². The summed E-state index contributed by atoms with van der Waals surface area (Å²) in [5, 5.41) is 3.42. The zero-order valence-electron chi connectivity index (χ0n) is 10.3. The molecule has 0 aliphatic heterocycles. The Kier molecular flexibility index (Phi) is 6.42. The standard InChI is InChI=1S/C14H25N/c1-13(2)15-12-8-7-11-14-9-5-3-4-6-10-14/h7,9,11,13,15H,3-6,8,10,12H2,1-2H3/b11-7+. The Hall–Kier alpha value is -0.560. The molecule has 1 rings (SSSR count). The molecule has 0 fully saturated rings. The molecule has 0 saturated carbocycles. The van der Waals surface area contributed by atoms with Gasteiger partial charge >= 0.3 is 0 Å². The Morgan fingerprint density at radius 3 is 3.00 bits per heavy atom. The number of nitrogens with one attached hydrogen (secondary N) is 1. The fourth-order valence-corrected chi connectivity index (χ4v) is 1.88. The van der Waals surface area contributed by atoms with Crippen LogP contribution in [0, 0.1) is 0 Å². The van der Waals surface area contributed by atoms with Gasteiger partial charge in [0.25, 0.3) is 0 Å². The van der Waals surface area contributed by atoms with Crippen molar-refractivity contribution in [3.05, 3.63) is 23.8 Å². The van der Waals surface area contributed by atoms with Crippen LogP contribution < -0.4 is 5.32 Å². The van der Waals surface area contributed by atoms with Crippen LogP contribution in [0.5, 0.6) is 0 Å². The predicted molar refractivity (Wildman–Crippen MR) is 68.1 cm³/mol. The zero-order valence-corrected chi connectivity index (χ0v) is 10.3. The molecule has 0 atom stereocenters. The quantitative estimate of drug-likeness (QED) is 0.676. The first-order valence-corrected chi connectivity index (χ1v) is 6.38. The molecule has 1 heteroatoms. The summed E-state index contributed by atoms with van der Waals surface area (Å²) in [6.45, 7) is 5.48. The minimum Gasteiger partial charge on any atom is -0.314 e. The van der Waals surface area contributed by atoms with Gasteiger partial charge in [0.05, 0.1) is 0 Å². The third-order valence-electron chi connectivity index (χ3n) is 2.77. The predicted octanol–water partition coefficient (Wildman–Crippen LogP) is 3.82.